The van der Waals surface area contributed by atoms with Gasteiger partial charge in [-0.05, 0) is 61.4 Å². The summed E-state index contributed by atoms with van der Waals surface area (Å²) in [4.78, 5) is 26.0. The second-order valence-electron chi connectivity index (χ2n) is 5.87. The lowest BCUT2D eigenvalue weighted by Crippen LogP contribution is -2.27. The SMILES string of the molecule is O=C(COc1ccc(F)cc1)Nc1ccc(C(=O)N2CCCC2)cc1. The predicted octanol–water partition coefficient (Wildman–Crippen LogP) is 3.08. The van der Waals surface area contributed by atoms with Gasteiger partial charge in [0.2, 0.25) is 0 Å². The average Bonchev–Trinajstić information content (AvgIpc) is 3.16. The highest BCUT2D eigenvalue weighted by molar-refractivity contribution is 5.96. The van der Waals surface area contributed by atoms with E-state index in [9.17, 15) is 14.0 Å². The van der Waals surface area contributed by atoms with Gasteiger partial charge in [0, 0.05) is 24.3 Å². The molecule has 0 atom stereocenters. The fraction of sp³-hybridized carbons (Fsp3) is 0.263. The van der Waals surface area contributed by atoms with Gasteiger partial charge in [-0.1, -0.05) is 0 Å². The minimum Gasteiger partial charge on any atom is -0.484 e. The number of carbonyl (C=O) groups is 2. The predicted molar refractivity (Wildman–Crippen MR) is 92.1 cm³/mol. The second-order valence-corrected chi connectivity index (χ2v) is 5.87. The molecule has 25 heavy (non-hydrogen) atoms. The van der Waals surface area contributed by atoms with Crippen LogP contribution in [0.15, 0.2) is 48.5 Å². The maximum atomic E-state index is 12.8. The van der Waals surface area contributed by atoms with Gasteiger partial charge in [-0.3, -0.25) is 9.59 Å². The van der Waals surface area contributed by atoms with Gasteiger partial charge < -0.3 is 15.0 Å². The lowest BCUT2D eigenvalue weighted by atomic mass is 10.2. The summed E-state index contributed by atoms with van der Waals surface area (Å²) in [5.41, 5.74) is 1.20. The Bertz CT molecular complexity index is 738. The van der Waals surface area contributed by atoms with Crippen molar-refractivity contribution in [3.05, 3.63) is 59.9 Å². The summed E-state index contributed by atoms with van der Waals surface area (Å²) in [6.07, 6.45) is 2.10. The molecule has 0 radical (unpaired) electrons. The Morgan fingerprint density at radius 1 is 1.00 bits per heavy atom. The largest absolute Gasteiger partial charge is 0.484 e. The summed E-state index contributed by atoms with van der Waals surface area (Å²) >= 11 is 0. The van der Waals surface area contributed by atoms with Crippen LogP contribution in [-0.4, -0.2) is 36.4 Å². The molecule has 1 heterocycles. The van der Waals surface area contributed by atoms with Crippen molar-refractivity contribution in [1.82, 2.24) is 4.90 Å². The molecule has 0 spiro atoms. The molecule has 2 aromatic carbocycles. The van der Waals surface area contributed by atoms with E-state index in [1.165, 1.54) is 24.3 Å². The van der Waals surface area contributed by atoms with Crippen LogP contribution >= 0.6 is 0 Å². The molecule has 6 heteroatoms. The molecule has 1 fully saturated rings. The van der Waals surface area contributed by atoms with Crippen molar-refractivity contribution in [3.8, 4) is 5.75 Å². The van der Waals surface area contributed by atoms with Gasteiger partial charge in [0.25, 0.3) is 11.8 Å². The number of ether oxygens (including phenoxy) is 1. The first kappa shape index (κ1) is 17.0. The molecule has 1 aliphatic heterocycles. The number of anilines is 1. The van der Waals surface area contributed by atoms with Gasteiger partial charge in [-0.25, -0.2) is 4.39 Å². The highest BCUT2D eigenvalue weighted by atomic mass is 19.1. The topological polar surface area (TPSA) is 58.6 Å². The number of likely N-dealkylation sites (tertiary alicyclic amines) is 1. The Morgan fingerprint density at radius 2 is 1.64 bits per heavy atom. The third kappa shape index (κ3) is 4.56. The number of hydrogen-bond donors (Lipinski definition) is 1. The number of hydrogen-bond acceptors (Lipinski definition) is 3. The molecule has 1 saturated heterocycles. The van der Waals surface area contributed by atoms with Crippen LogP contribution in [0.25, 0.3) is 0 Å². The van der Waals surface area contributed by atoms with Gasteiger partial charge in [0.05, 0.1) is 0 Å². The van der Waals surface area contributed by atoms with Crippen LogP contribution in [0.2, 0.25) is 0 Å². The van der Waals surface area contributed by atoms with Crippen LogP contribution in [-0.2, 0) is 4.79 Å². The lowest BCUT2D eigenvalue weighted by Gasteiger charge is -2.15. The number of carbonyl (C=O) groups excluding carboxylic acids is 2. The van der Waals surface area contributed by atoms with Gasteiger partial charge >= 0.3 is 0 Å². The van der Waals surface area contributed by atoms with E-state index < -0.39 is 0 Å². The summed E-state index contributed by atoms with van der Waals surface area (Å²) in [7, 11) is 0. The highest BCUT2D eigenvalue weighted by Gasteiger charge is 2.19. The molecule has 2 amide bonds. The van der Waals surface area contributed by atoms with E-state index in [4.69, 9.17) is 4.74 Å². The highest BCUT2D eigenvalue weighted by Crippen LogP contribution is 2.16. The fourth-order valence-electron chi connectivity index (χ4n) is 2.68. The van der Waals surface area contributed by atoms with Crippen molar-refractivity contribution in [1.29, 1.82) is 0 Å². The summed E-state index contributed by atoms with van der Waals surface area (Å²) in [6, 6.07) is 12.3. The summed E-state index contributed by atoms with van der Waals surface area (Å²) < 4.78 is 18.1. The maximum absolute atomic E-state index is 12.8. The normalized spacial score (nSPS) is 13.6. The van der Waals surface area contributed by atoms with Crippen LogP contribution < -0.4 is 10.1 Å². The molecule has 0 aliphatic carbocycles. The summed E-state index contributed by atoms with van der Waals surface area (Å²) in [5.74, 6) is -0.249. The first-order chi connectivity index (χ1) is 12.1. The van der Waals surface area contributed by atoms with Crippen molar-refractivity contribution >= 4 is 17.5 Å². The van der Waals surface area contributed by atoms with Gasteiger partial charge in [-0.15, -0.1) is 0 Å². The molecule has 0 aromatic heterocycles. The Kier molecular flexibility index (Phi) is 5.28. The van der Waals surface area contributed by atoms with E-state index in [2.05, 4.69) is 5.32 Å². The zero-order valence-electron chi connectivity index (χ0n) is 13.7. The van der Waals surface area contributed by atoms with E-state index in [-0.39, 0.29) is 24.2 Å². The first-order valence-electron chi connectivity index (χ1n) is 8.19. The first-order valence-corrected chi connectivity index (χ1v) is 8.19. The Balaban J connectivity index is 1.51. The number of nitrogens with one attached hydrogen (secondary N) is 1. The third-order valence-electron chi connectivity index (χ3n) is 3.99. The van der Waals surface area contributed by atoms with Crippen molar-refractivity contribution in [2.24, 2.45) is 0 Å². The molecule has 2 aromatic rings. The van der Waals surface area contributed by atoms with E-state index in [1.807, 2.05) is 4.90 Å². The monoisotopic (exact) mass is 342 g/mol. The second kappa shape index (κ2) is 7.79. The number of nitrogens with zero attached hydrogens (tertiary/aromatic N) is 1. The van der Waals surface area contributed by atoms with Gasteiger partial charge in [-0.2, -0.15) is 0 Å². The van der Waals surface area contributed by atoms with Crippen LogP contribution in [0, 0.1) is 5.82 Å². The van der Waals surface area contributed by atoms with Crippen molar-refractivity contribution in [3.63, 3.8) is 0 Å². The van der Waals surface area contributed by atoms with Crippen molar-refractivity contribution < 1.29 is 18.7 Å². The summed E-state index contributed by atoms with van der Waals surface area (Å²) in [6.45, 7) is 1.43. The number of benzene rings is 2. The minimum absolute atomic E-state index is 0.0232. The molecule has 0 bridgehead atoms. The fourth-order valence-corrected chi connectivity index (χ4v) is 2.68. The Morgan fingerprint density at radius 3 is 2.28 bits per heavy atom. The molecule has 3 rings (SSSR count). The lowest BCUT2D eigenvalue weighted by molar-refractivity contribution is -0.118. The molecular weight excluding hydrogens is 323 g/mol. The third-order valence-corrected chi connectivity index (χ3v) is 3.99. The maximum Gasteiger partial charge on any atom is 0.262 e. The summed E-state index contributed by atoms with van der Waals surface area (Å²) in [5, 5.41) is 2.70. The van der Waals surface area contributed by atoms with Crippen molar-refractivity contribution in [2.45, 2.75) is 12.8 Å². The van der Waals surface area contributed by atoms with Crippen LogP contribution in [0.4, 0.5) is 10.1 Å². The quantitative estimate of drug-likeness (QED) is 0.908. The van der Waals surface area contributed by atoms with Crippen LogP contribution in [0.1, 0.15) is 23.2 Å². The molecular formula is C19H19FN2O3. The van der Waals surface area contributed by atoms with Gasteiger partial charge in [0.1, 0.15) is 11.6 Å². The molecule has 5 nitrogen and oxygen atoms in total. The molecule has 0 unspecified atom stereocenters. The zero-order chi connectivity index (χ0) is 17.6. The van der Waals surface area contributed by atoms with Gasteiger partial charge in [0.15, 0.2) is 6.61 Å². The molecule has 0 saturated carbocycles. The Hall–Kier alpha value is -2.89. The van der Waals surface area contributed by atoms with E-state index >= 15 is 0 Å². The van der Waals surface area contributed by atoms with E-state index in [1.54, 1.807) is 24.3 Å². The van der Waals surface area contributed by atoms with Crippen molar-refractivity contribution in [2.75, 3.05) is 25.0 Å². The standard InChI is InChI=1S/C19H19FN2O3/c20-15-5-9-17(10-6-15)25-13-18(23)21-16-7-3-14(4-8-16)19(24)22-11-1-2-12-22/h3-10H,1-2,11-13H2,(H,21,23). The minimum atomic E-state index is -0.361. The van der Waals surface area contributed by atoms with Crippen LogP contribution in [0.3, 0.4) is 0 Å². The molecule has 1 N–H and O–H groups in total. The van der Waals surface area contributed by atoms with E-state index in [0.717, 1.165) is 25.9 Å². The van der Waals surface area contributed by atoms with E-state index in [0.29, 0.717) is 17.0 Å². The van der Waals surface area contributed by atoms with Crippen LogP contribution in [0.5, 0.6) is 5.75 Å². The smallest absolute Gasteiger partial charge is 0.262 e. The molecule has 1 aliphatic rings. The number of halogens is 1. The number of amides is 2. The average molecular weight is 342 g/mol. The number of rotatable bonds is 5. The molecule has 130 valence electrons. The zero-order valence-corrected chi connectivity index (χ0v) is 13.7. The Labute approximate surface area is 145 Å².